The standard InChI is InChI=1S/C15H11ClO2/c1-10-6-8-11(9-7-10)14(17)15(18)12-4-2-3-5-13(12)16/h2-9H,1H3. The maximum Gasteiger partial charge on any atom is 0.235 e. The molecule has 18 heavy (non-hydrogen) atoms. The summed E-state index contributed by atoms with van der Waals surface area (Å²) in [5.74, 6) is -1.12. The predicted molar refractivity (Wildman–Crippen MR) is 71.3 cm³/mol. The zero-order chi connectivity index (χ0) is 13.1. The molecule has 2 aromatic rings. The monoisotopic (exact) mass is 258 g/mol. The van der Waals surface area contributed by atoms with Gasteiger partial charge in [-0.1, -0.05) is 53.6 Å². The molecule has 0 aliphatic heterocycles. The Hall–Kier alpha value is -1.93. The van der Waals surface area contributed by atoms with Crippen LogP contribution in [0.4, 0.5) is 0 Å². The van der Waals surface area contributed by atoms with Crippen molar-refractivity contribution in [1.82, 2.24) is 0 Å². The average molecular weight is 259 g/mol. The number of aryl methyl sites for hydroxylation is 1. The number of Topliss-reactive ketones (excluding diaryl/α,β-unsaturated/α-hetero) is 2. The van der Waals surface area contributed by atoms with Crippen LogP contribution in [0.1, 0.15) is 26.3 Å². The third kappa shape index (κ3) is 2.49. The molecule has 90 valence electrons. The Balaban J connectivity index is 2.33. The number of carbonyl (C=O) groups excluding carboxylic acids is 2. The zero-order valence-corrected chi connectivity index (χ0v) is 10.6. The molecule has 0 unspecified atom stereocenters. The van der Waals surface area contributed by atoms with Crippen molar-refractivity contribution in [3.05, 3.63) is 70.2 Å². The van der Waals surface area contributed by atoms with Gasteiger partial charge in [-0.3, -0.25) is 9.59 Å². The molecule has 0 atom stereocenters. The second kappa shape index (κ2) is 5.15. The van der Waals surface area contributed by atoms with Crippen molar-refractivity contribution in [2.75, 3.05) is 0 Å². The topological polar surface area (TPSA) is 34.1 Å². The van der Waals surface area contributed by atoms with Gasteiger partial charge in [-0.2, -0.15) is 0 Å². The Kier molecular flexibility index (Phi) is 3.58. The van der Waals surface area contributed by atoms with Gasteiger partial charge in [-0.05, 0) is 19.1 Å². The first kappa shape index (κ1) is 12.5. The summed E-state index contributed by atoms with van der Waals surface area (Å²) in [6.07, 6.45) is 0. The predicted octanol–water partition coefficient (Wildman–Crippen LogP) is 3.71. The minimum atomic E-state index is -0.579. The molecule has 0 aromatic heterocycles. The Morgan fingerprint density at radius 1 is 0.889 bits per heavy atom. The molecular weight excluding hydrogens is 248 g/mol. The van der Waals surface area contributed by atoms with Gasteiger partial charge in [0, 0.05) is 11.1 Å². The van der Waals surface area contributed by atoms with E-state index in [-0.39, 0.29) is 5.56 Å². The molecule has 0 radical (unpaired) electrons. The van der Waals surface area contributed by atoms with Gasteiger partial charge < -0.3 is 0 Å². The number of ketones is 2. The summed E-state index contributed by atoms with van der Waals surface area (Å²) >= 11 is 5.90. The first-order valence-corrected chi connectivity index (χ1v) is 5.87. The average Bonchev–Trinajstić information content (AvgIpc) is 2.38. The summed E-state index contributed by atoms with van der Waals surface area (Å²) in [4.78, 5) is 24.0. The van der Waals surface area contributed by atoms with Gasteiger partial charge in [0.05, 0.1) is 5.02 Å². The van der Waals surface area contributed by atoms with Crippen molar-refractivity contribution in [3.63, 3.8) is 0 Å². The summed E-state index contributed by atoms with van der Waals surface area (Å²) in [5, 5.41) is 0.294. The quantitative estimate of drug-likeness (QED) is 0.621. The summed E-state index contributed by atoms with van der Waals surface area (Å²) in [5.41, 5.74) is 1.66. The maximum atomic E-state index is 12.0. The number of benzene rings is 2. The Bertz CT molecular complexity index is 600. The lowest BCUT2D eigenvalue weighted by Crippen LogP contribution is -2.14. The van der Waals surface area contributed by atoms with Gasteiger partial charge in [0.25, 0.3) is 0 Å². The van der Waals surface area contributed by atoms with Crippen molar-refractivity contribution in [2.45, 2.75) is 6.92 Å². The molecule has 0 heterocycles. The van der Waals surface area contributed by atoms with E-state index in [9.17, 15) is 9.59 Å². The smallest absolute Gasteiger partial charge is 0.235 e. The molecule has 0 bridgehead atoms. The van der Waals surface area contributed by atoms with E-state index in [1.807, 2.05) is 6.92 Å². The maximum absolute atomic E-state index is 12.0. The highest BCUT2D eigenvalue weighted by molar-refractivity contribution is 6.51. The molecule has 0 spiro atoms. The molecule has 0 N–H and O–H groups in total. The van der Waals surface area contributed by atoms with Crippen molar-refractivity contribution < 1.29 is 9.59 Å². The second-order valence-corrected chi connectivity index (χ2v) is 4.41. The largest absolute Gasteiger partial charge is 0.285 e. The van der Waals surface area contributed by atoms with E-state index in [0.29, 0.717) is 10.6 Å². The van der Waals surface area contributed by atoms with E-state index in [2.05, 4.69) is 0 Å². The van der Waals surface area contributed by atoms with Crippen LogP contribution in [0.2, 0.25) is 5.02 Å². The lowest BCUT2D eigenvalue weighted by Gasteiger charge is -2.03. The minimum absolute atomic E-state index is 0.241. The summed E-state index contributed by atoms with van der Waals surface area (Å²) < 4.78 is 0. The fourth-order valence-electron chi connectivity index (χ4n) is 1.60. The van der Waals surface area contributed by atoms with Gasteiger partial charge in [0.2, 0.25) is 11.6 Å². The molecule has 0 aliphatic carbocycles. The molecule has 0 saturated carbocycles. The number of hydrogen-bond donors (Lipinski definition) is 0. The van der Waals surface area contributed by atoms with Crippen LogP contribution in [0.25, 0.3) is 0 Å². The Morgan fingerprint density at radius 2 is 1.50 bits per heavy atom. The van der Waals surface area contributed by atoms with Crippen molar-refractivity contribution in [3.8, 4) is 0 Å². The fraction of sp³-hybridized carbons (Fsp3) is 0.0667. The van der Waals surface area contributed by atoms with E-state index >= 15 is 0 Å². The molecule has 0 amide bonds. The Labute approximate surface area is 110 Å². The van der Waals surface area contributed by atoms with E-state index in [1.165, 1.54) is 0 Å². The van der Waals surface area contributed by atoms with Gasteiger partial charge in [-0.15, -0.1) is 0 Å². The highest BCUT2D eigenvalue weighted by Gasteiger charge is 2.19. The van der Waals surface area contributed by atoms with Gasteiger partial charge >= 0.3 is 0 Å². The molecule has 2 nitrogen and oxygen atoms in total. The van der Waals surface area contributed by atoms with Crippen LogP contribution >= 0.6 is 11.6 Å². The van der Waals surface area contributed by atoms with Crippen LogP contribution in [0.3, 0.4) is 0 Å². The highest BCUT2D eigenvalue weighted by atomic mass is 35.5. The lowest BCUT2D eigenvalue weighted by atomic mass is 10.0. The Morgan fingerprint density at radius 3 is 2.11 bits per heavy atom. The summed E-state index contributed by atoms with van der Waals surface area (Å²) in [6, 6.07) is 13.4. The van der Waals surface area contributed by atoms with E-state index in [4.69, 9.17) is 11.6 Å². The molecular formula is C15H11ClO2. The van der Waals surface area contributed by atoms with Crippen molar-refractivity contribution in [2.24, 2.45) is 0 Å². The first-order valence-electron chi connectivity index (χ1n) is 5.50. The molecule has 0 aliphatic rings. The van der Waals surface area contributed by atoms with Crippen LogP contribution in [0.5, 0.6) is 0 Å². The minimum Gasteiger partial charge on any atom is -0.285 e. The number of hydrogen-bond acceptors (Lipinski definition) is 2. The van der Waals surface area contributed by atoms with Crippen LogP contribution in [-0.2, 0) is 0 Å². The van der Waals surface area contributed by atoms with Crippen molar-refractivity contribution in [1.29, 1.82) is 0 Å². The number of rotatable bonds is 3. The third-order valence-corrected chi connectivity index (χ3v) is 2.97. The molecule has 3 heteroatoms. The number of halogens is 1. The van der Waals surface area contributed by atoms with Crippen molar-refractivity contribution >= 4 is 23.2 Å². The fourth-order valence-corrected chi connectivity index (χ4v) is 1.83. The molecule has 2 aromatic carbocycles. The van der Waals surface area contributed by atoms with E-state index in [1.54, 1.807) is 48.5 Å². The number of carbonyl (C=O) groups is 2. The van der Waals surface area contributed by atoms with Gasteiger partial charge in [0.1, 0.15) is 0 Å². The van der Waals surface area contributed by atoms with Gasteiger partial charge in [0.15, 0.2) is 0 Å². The van der Waals surface area contributed by atoms with Gasteiger partial charge in [-0.25, -0.2) is 0 Å². The van der Waals surface area contributed by atoms with E-state index < -0.39 is 11.6 Å². The zero-order valence-electron chi connectivity index (χ0n) is 9.81. The summed E-state index contributed by atoms with van der Waals surface area (Å²) in [6.45, 7) is 1.92. The van der Waals surface area contributed by atoms with E-state index in [0.717, 1.165) is 5.56 Å². The SMILES string of the molecule is Cc1ccc(C(=O)C(=O)c2ccccc2Cl)cc1. The lowest BCUT2D eigenvalue weighted by molar-refractivity contribution is 0.0817. The van der Waals surface area contributed by atoms with Crippen LogP contribution in [0.15, 0.2) is 48.5 Å². The third-order valence-electron chi connectivity index (χ3n) is 2.64. The normalized spacial score (nSPS) is 10.1. The highest BCUT2D eigenvalue weighted by Crippen LogP contribution is 2.17. The molecule has 0 saturated heterocycles. The second-order valence-electron chi connectivity index (χ2n) is 4.00. The molecule has 0 fully saturated rings. The van der Waals surface area contributed by atoms with Crippen LogP contribution in [-0.4, -0.2) is 11.6 Å². The first-order chi connectivity index (χ1) is 8.59. The summed E-state index contributed by atoms with van der Waals surface area (Å²) in [7, 11) is 0. The van der Waals surface area contributed by atoms with Crippen LogP contribution in [0, 0.1) is 6.92 Å². The molecule has 2 rings (SSSR count). The van der Waals surface area contributed by atoms with Crippen LogP contribution < -0.4 is 0 Å².